The summed E-state index contributed by atoms with van der Waals surface area (Å²) in [5.41, 5.74) is -0.846. The molecule has 0 unspecified atom stereocenters. The summed E-state index contributed by atoms with van der Waals surface area (Å²) in [6, 6.07) is 0. The molecule has 2 N–H and O–H groups in total. The van der Waals surface area contributed by atoms with E-state index in [9.17, 15) is 9.36 Å². The average Bonchev–Trinajstić information content (AvgIpc) is 1.84. The molecule has 0 saturated heterocycles. The van der Waals surface area contributed by atoms with Crippen LogP contribution in [-0.2, 0) is 13.9 Å². The van der Waals surface area contributed by atoms with Gasteiger partial charge in [-0.25, -0.2) is 4.57 Å². The van der Waals surface area contributed by atoms with Gasteiger partial charge in [0.15, 0.2) is 0 Å². The van der Waals surface area contributed by atoms with Gasteiger partial charge in [0.05, 0.1) is 5.41 Å². The Hall–Kier alpha value is -0.380. The van der Waals surface area contributed by atoms with Gasteiger partial charge in [-0.2, -0.15) is 0 Å². The summed E-state index contributed by atoms with van der Waals surface area (Å²) < 4.78 is 14.2. The summed E-state index contributed by atoms with van der Waals surface area (Å²) >= 11 is 0. The van der Waals surface area contributed by atoms with E-state index in [0.29, 0.717) is 6.42 Å². The molecule has 0 fully saturated rings. The van der Waals surface area contributed by atoms with Crippen LogP contribution in [0.25, 0.3) is 0 Å². The molecule has 0 aliphatic rings. The second kappa shape index (κ2) is 3.56. The molecule has 0 atom stereocenters. The first-order valence-electron chi connectivity index (χ1n) is 3.48. The Morgan fingerprint density at radius 1 is 1.50 bits per heavy atom. The lowest BCUT2D eigenvalue weighted by atomic mass is 9.91. The van der Waals surface area contributed by atoms with Crippen molar-refractivity contribution in [1.82, 2.24) is 0 Å². The lowest BCUT2D eigenvalue weighted by molar-refractivity contribution is -0.145. The van der Waals surface area contributed by atoms with Gasteiger partial charge < -0.3 is 4.52 Å². The molecular weight excluding hydrogens is 183 g/mol. The second-order valence-corrected chi connectivity index (χ2v) is 4.27. The Kier molecular flexibility index (Phi) is 3.45. The smallest absolute Gasteiger partial charge is 0.370 e. The zero-order valence-electron chi connectivity index (χ0n) is 7.27. The van der Waals surface area contributed by atoms with E-state index in [4.69, 9.17) is 9.79 Å². The van der Waals surface area contributed by atoms with Gasteiger partial charge in [-0.1, -0.05) is 6.92 Å². The van der Waals surface area contributed by atoms with Gasteiger partial charge in [0.2, 0.25) is 0 Å². The lowest BCUT2D eigenvalue weighted by Gasteiger charge is -2.19. The number of phosphoric ester groups is 1. The Balaban J connectivity index is 4.34. The summed E-state index contributed by atoms with van der Waals surface area (Å²) in [7, 11) is -4.68. The molecule has 0 spiro atoms. The van der Waals surface area contributed by atoms with Gasteiger partial charge in [-0.15, -0.1) is 0 Å². The predicted molar refractivity (Wildman–Crippen MR) is 42.2 cm³/mol. The van der Waals surface area contributed by atoms with Crippen molar-refractivity contribution in [1.29, 1.82) is 0 Å². The maximum atomic E-state index is 11.0. The molecule has 0 aromatic rings. The average molecular weight is 196 g/mol. The fourth-order valence-corrected chi connectivity index (χ4v) is 0.839. The lowest BCUT2D eigenvalue weighted by Crippen LogP contribution is -2.24. The van der Waals surface area contributed by atoms with Gasteiger partial charge in [0.25, 0.3) is 0 Å². The molecule has 0 amide bonds. The Labute approximate surface area is 71.0 Å². The fourth-order valence-electron chi connectivity index (χ4n) is 0.376. The Bertz CT molecular complexity index is 216. The van der Waals surface area contributed by atoms with Gasteiger partial charge in [0, 0.05) is 0 Å². The van der Waals surface area contributed by atoms with Crippen molar-refractivity contribution in [3.8, 4) is 0 Å². The highest BCUT2D eigenvalue weighted by Crippen LogP contribution is 2.39. The van der Waals surface area contributed by atoms with Crippen molar-refractivity contribution in [3.05, 3.63) is 0 Å². The number of hydrogen-bond donors (Lipinski definition) is 2. The molecule has 0 aliphatic heterocycles. The molecule has 0 rings (SSSR count). The first-order chi connectivity index (χ1) is 5.19. The maximum absolute atomic E-state index is 11.0. The summed E-state index contributed by atoms with van der Waals surface area (Å²) in [4.78, 5) is 27.6. The van der Waals surface area contributed by atoms with Gasteiger partial charge in [-0.05, 0) is 20.3 Å². The summed E-state index contributed by atoms with van der Waals surface area (Å²) in [6.07, 6.45) is 0.464. The van der Waals surface area contributed by atoms with E-state index in [2.05, 4.69) is 4.52 Å². The Morgan fingerprint density at radius 3 is 2.17 bits per heavy atom. The highest BCUT2D eigenvalue weighted by Gasteiger charge is 2.32. The van der Waals surface area contributed by atoms with Crippen LogP contribution in [0.1, 0.15) is 27.2 Å². The SMILES string of the molecule is CCC(C)(C)C(=O)OP(=O)(O)O. The zero-order valence-corrected chi connectivity index (χ0v) is 8.17. The van der Waals surface area contributed by atoms with Crippen LogP contribution in [0, 0.1) is 5.41 Å². The van der Waals surface area contributed by atoms with Crippen molar-refractivity contribution >= 4 is 13.8 Å². The minimum Gasteiger partial charge on any atom is -0.370 e. The third kappa shape index (κ3) is 3.85. The molecule has 5 nitrogen and oxygen atoms in total. The van der Waals surface area contributed by atoms with Gasteiger partial charge in [0.1, 0.15) is 0 Å². The van der Waals surface area contributed by atoms with Crippen molar-refractivity contribution in [3.63, 3.8) is 0 Å². The van der Waals surface area contributed by atoms with Crippen LogP contribution in [-0.4, -0.2) is 15.8 Å². The summed E-state index contributed by atoms with van der Waals surface area (Å²) in [5.74, 6) is -0.877. The number of phosphoric acid groups is 1. The quantitative estimate of drug-likeness (QED) is 0.659. The standard InChI is InChI=1S/C6H13O5P/c1-4-6(2,3)5(7)11-12(8,9)10/h4H2,1-3H3,(H2,8,9,10). The monoisotopic (exact) mass is 196 g/mol. The van der Waals surface area contributed by atoms with E-state index >= 15 is 0 Å². The topological polar surface area (TPSA) is 83.8 Å². The van der Waals surface area contributed by atoms with E-state index in [1.807, 2.05) is 0 Å². The molecule has 0 radical (unpaired) electrons. The number of rotatable bonds is 3. The molecule has 12 heavy (non-hydrogen) atoms. The molecule has 0 aromatic heterocycles. The molecule has 0 aromatic carbocycles. The van der Waals surface area contributed by atoms with Crippen molar-refractivity contribution in [2.45, 2.75) is 27.2 Å². The second-order valence-electron chi connectivity index (χ2n) is 3.11. The van der Waals surface area contributed by atoms with E-state index in [1.54, 1.807) is 20.8 Å². The summed E-state index contributed by atoms with van der Waals surface area (Å²) in [6.45, 7) is 4.86. The van der Waals surface area contributed by atoms with Crippen LogP contribution >= 0.6 is 7.82 Å². The normalized spacial score (nSPS) is 12.8. The fraction of sp³-hybridized carbons (Fsp3) is 0.833. The molecular formula is C6H13O5P. The van der Waals surface area contributed by atoms with Crippen LogP contribution in [0.2, 0.25) is 0 Å². The zero-order chi connectivity index (χ0) is 9.99. The van der Waals surface area contributed by atoms with Crippen LogP contribution in [0.4, 0.5) is 0 Å². The predicted octanol–water partition coefficient (Wildman–Crippen LogP) is 1.06. The van der Waals surface area contributed by atoms with E-state index in [0.717, 1.165) is 0 Å². The molecule has 0 bridgehead atoms. The Morgan fingerprint density at radius 2 is 1.92 bits per heavy atom. The number of carbonyl (C=O) groups is 1. The maximum Gasteiger partial charge on any atom is 0.527 e. The van der Waals surface area contributed by atoms with Crippen LogP contribution in [0.3, 0.4) is 0 Å². The van der Waals surface area contributed by atoms with Crippen molar-refractivity contribution in [2.75, 3.05) is 0 Å². The first-order valence-corrected chi connectivity index (χ1v) is 5.01. The third-order valence-corrected chi connectivity index (χ3v) is 2.04. The number of hydrogen-bond acceptors (Lipinski definition) is 3. The summed E-state index contributed by atoms with van der Waals surface area (Å²) in [5, 5.41) is 0. The number of carbonyl (C=O) groups excluding carboxylic acids is 1. The molecule has 6 heteroatoms. The highest BCUT2D eigenvalue weighted by molar-refractivity contribution is 7.46. The molecule has 72 valence electrons. The van der Waals surface area contributed by atoms with E-state index in [-0.39, 0.29) is 0 Å². The molecule has 0 aliphatic carbocycles. The van der Waals surface area contributed by atoms with Gasteiger partial charge >= 0.3 is 13.8 Å². The van der Waals surface area contributed by atoms with E-state index < -0.39 is 19.2 Å². The van der Waals surface area contributed by atoms with Crippen LogP contribution in [0.5, 0.6) is 0 Å². The van der Waals surface area contributed by atoms with Crippen molar-refractivity contribution < 1.29 is 23.7 Å². The molecule has 0 saturated carbocycles. The first kappa shape index (κ1) is 11.6. The molecule has 0 heterocycles. The van der Waals surface area contributed by atoms with Crippen LogP contribution < -0.4 is 0 Å². The van der Waals surface area contributed by atoms with E-state index in [1.165, 1.54) is 0 Å². The minimum absolute atomic E-state index is 0.464. The largest absolute Gasteiger partial charge is 0.527 e. The highest BCUT2D eigenvalue weighted by atomic mass is 31.2. The van der Waals surface area contributed by atoms with Crippen molar-refractivity contribution in [2.24, 2.45) is 5.41 Å². The third-order valence-electron chi connectivity index (χ3n) is 1.64. The minimum atomic E-state index is -4.68. The van der Waals surface area contributed by atoms with Gasteiger partial charge in [-0.3, -0.25) is 14.6 Å². The van der Waals surface area contributed by atoms with Crippen LogP contribution in [0.15, 0.2) is 0 Å².